The van der Waals surface area contributed by atoms with Gasteiger partial charge < -0.3 is 14.6 Å². The molecule has 2 aliphatic heterocycles. The number of likely N-dealkylation sites (tertiary alicyclic amines) is 1. The summed E-state index contributed by atoms with van der Waals surface area (Å²) in [6, 6.07) is 7.05. The zero-order valence-electron chi connectivity index (χ0n) is 20.9. The third-order valence-electron chi connectivity index (χ3n) is 7.42. The highest BCUT2D eigenvalue weighted by molar-refractivity contribution is 8.13. The minimum Gasteiger partial charge on any atom is -0.413 e. The fraction of sp³-hybridized carbons (Fsp3) is 0.640. The van der Waals surface area contributed by atoms with Crippen molar-refractivity contribution in [3.8, 4) is 0 Å². The van der Waals surface area contributed by atoms with Crippen molar-refractivity contribution in [1.29, 1.82) is 0 Å². The molecule has 0 spiro atoms. The average Bonchev–Trinajstić information content (AvgIpc) is 3.24. The van der Waals surface area contributed by atoms with Gasteiger partial charge in [0.15, 0.2) is 13.4 Å². The maximum atomic E-state index is 13.2. The monoisotopic (exact) mass is 490 g/mol. The van der Waals surface area contributed by atoms with Gasteiger partial charge in [0.1, 0.15) is 0 Å². The van der Waals surface area contributed by atoms with Crippen LogP contribution in [0.3, 0.4) is 0 Å². The molecule has 2 heterocycles. The predicted molar refractivity (Wildman–Crippen MR) is 135 cm³/mol. The molecule has 1 aromatic carbocycles. The van der Waals surface area contributed by atoms with Crippen LogP contribution >= 0.6 is 11.8 Å². The van der Waals surface area contributed by atoms with E-state index in [9.17, 15) is 14.4 Å². The first-order chi connectivity index (χ1) is 15.3. The minimum absolute atomic E-state index is 0.0118. The second-order valence-electron chi connectivity index (χ2n) is 10.8. The fourth-order valence-corrected chi connectivity index (χ4v) is 6.63. The summed E-state index contributed by atoms with van der Waals surface area (Å²) >= 11 is 1.11. The van der Waals surface area contributed by atoms with Crippen molar-refractivity contribution < 1.29 is 18.8 Å². The number of nitrogens with one attached hydrogen (secondary N) is 1. The standard InChI is InChI=1S/C25H38N2O4SSi/c1-16(21-20(22(28)26-21)17(2)31-33(6,7)25(3,4)5)24(30)32-19-13-9-8-12-18(19)23(29)27-14-10-11-15-27/h8-9,12-13,16-17,20-21H,10-11,14-15H2,1-7H3,(H,26,28)/t16-,17-,20-,21-/m1/s1. The minimum atomic E-state index is -2.04. The van der Waals surface area contributed by atoms with E-state index in [1.165, 1.54) is 0 Å². The van der Waals surface area contributed by atoms with Gasteiger partial charge in [-0.2, -0.15) is 0 Å². The first-order valence-corrected chi connectivity index (χ1v) is 15.6. The molecule has 33 heavy (non-hydrogen) atoms. The lowest BCUT2D eigenvalue weighted by atomic mass is 9.79. The quantitative estimate of drug-likeness (QED) is 0.341. The molecule has 3 rings (SSSR count). The summed E-state index contributed by atoms with van der Waals surface area (Å²) in [7, 11) is -2.04. The van der Waals surface area contributed by atoms with E-state index in [0.29, 0.717) is 10.5 Å². The van der Waals surface area contributed by atoms with Crippen LogP contribution in [0.15, 0.2) is 29.2 Å². The van der Waals surface area contributed by atoms with Crippen LogP contribution < -0.4 is 5.32 Å². The fourth-order valence-electron chi connectivity index (χ4n) is 4.24. The molecule has 0 aromatic heterocycles. The summed E-state index contributed by atoms with van der Waals surface area (Å²) in [5.41, 5.74) is 0.578. The van der Waals surface area contributed by atoms with Gasteiger partial charge in [0.25, 0.3) is 5.91 Å². The summed E-state index contributed by atoms with van der Waals surface area (Å²) in [5, 5.41) is 2.93. The summed E-state index contributed by atoms with van der Waals surface area (Å²) in [6.45, 7) is 16.2. The van der Waals surface area contributed by atoms with E-state index in [1.807, 2.05) is 36.9 Å². The van der Waals surface area contributed by atoms with Crippen LogP contribution in [0.4, 0.5) is 0 Å². The van der Waals surface area contributed by atoms with E-state index < -0.39 is 14.2 Å². The van der Waals surface area contributed by atoms with Crippen LogP contribution in [0.1, 0.15) is 57.8 Å². The van der Waals surface area contributed by atoms with Gasteiger partial charge in [-0.1, -0.05) is 51.6 Å². The number of carbonyl (C=O) groups excluding carboxylic acids is 3. The van der Waals surface area contributed by atoms with Gasteiger partial charge in [-0.15, -0.1) is 0 Å². The molecule has 0 aliphatic carbocycles. The predicted octanol–water partition coefficient (Wildman–Crippen LogP) is 4.70. The number of hydrogen-bond donors (Lipinski definition) is 1. The van der Waals surface area contributed by atoms with Gasteiger partial charge in [0, 0.05) is 23.9 Å². The average molecular weight is 491 g/mol. The first-order valence-electron chi connectivity index (χ1n) is 11.9. The zero-order valence-corrected chi connectivity index (χ0v) is 22.8. The molecular formula is C25H38N2O4SSi. The van der Waals surface area contributed by atoms with E-state index >= 15 is 0 Å². The Morgan fingerprint density at radius 3 is 2.33 bits per heavy atom. The zero-order chi connectivity index (χ0) is 24.6. The molecule has 1 aromatic rings. The van der Waals surface area contributed by atoms with Crippen molar-refractivity contribution in [3.05, 3.63) is 29.8 Å². The van der Waals surface area contributed by atoms with Gasteiger partial charge in [-0.25, -0.2) is 0 Å². The van der Waals surface area contributed by atoms with Gasteiger partial charge >= 0.3 is 0 Å². The number of β-lactam (4-membered cyclic amide) rings is 1. The van der Waals surface area contributed by atoms with E-state index in [2.05, 4.69) is 39.2 Å². The van der Waals surface area contributed by atoms with Crippen molar-refractivity contribution in [1.82, 2.24) is 10.2 Å². The Kier molecular flexibility index (Phi) is 7.81. The van der Waals surface area contributed by atoms with Crippen molar-refractivity contribution in [2.75, 3.05) is 13.1 Å². The van der Waals surface area contributed by atoms with Crippen molar-refractivity contribution in [2.24, 2.45) is 11.8 Å². The molecule has 182 valence electrons. The largest absolute Gasteiger partial charge is 0.413 e. The van der Waals surface area contributed by atoms with Crippen LogP contribution in [0.25, 0.3) is 0 Å². The number of thioether (sulfide) groups is 1. The Morgan fingerprint density at radius 1 is 1.15 bits per heavy atom. The van der Waals surface area contributed by atoms with E-state index in [0.717, 1.165) is 37.7 Å². The van der Waals surface area contributed by atoms with Crippen LogP contribution in [0, 0.1) is 11.8 Å². The Balaban J connectivity index is 1.69. The van der Waals surface area contributed by atoms with Gasteiger partial charge in [0.05, 0.1) is 23.6 Å². The molecule has 6 nitrogen and oxygen atoms in total. The second-order valence-corrected chi connectivity index (χ2v) is 16.7. The number of hydrogen-bond acceptors (Lipinski definition) is 5. The number of amides is 2. The maximum Gasteiger partial charge on any atom is 0.255 e. The Morgan fingerprint density at radius 2 is 1.76 bits per heavy atom. The Hall–Kier alpha value is -1.64. The number of benzene rings is 1. The van der Waals surface area contributed by atoms with Gasteiger partial charge in [0.2, 0.25) is 5.91 Å². The normalized spacial score (nSPS) is 23.0. The lowest BCUT2D eigenvalue weighted by Crippen LogP contribution is -2.66. The van der Waals surface area contributed by atoms with Crippen LogP contribution in [0.5, 0.6) is 0 Å². The summed E-state index contributed by atoms with van der Waals surface area (Å²) in [6.07, 6.45) is 1.79. The lowest BCUT2D eigenvalue weighted by Gasteiger charge is -2.46. The number of carbonyl (C=O) groups is 3. The first kappa shape index (κ1) is 26.0. The smallest absolute Gasteiger partial charge is 0.255 e. The third kappa shape index (κ3) is 5.54. The molecule has 0 unspecified atom stereocenters. The Bertz CT molecular complexity index is 908. The third-order valence-corrected chi connectivity index (χ3v) is 13.1. The molecule has 8 heteroatoms. The molecule has 0 radical (unpaired) electrons. The molecule has 0 saturated carbocycles. The lowest BCUT2D eigenvalue weighted by molar-refractivity contribution is -0.143. The molecule has 0 bridgehead atoms. The van der Waals surface area contributed by atoms with Crippen molar-refractivity contribution in [3.63, 3.8) is 0 Å². The highest BCUT2D eigenvalue weighted by atomic mass is 32.2. The van der Waals surface area contributed by atoms with Crippen LogP contribution in [-0.2, 0) is 14.0 Å². The summed E-state index contributed by atoms with van der Waals surface area (Å²) in [4.78, 5) is 41.2. The number of nitrogens with zero attached hydrogens (tertiary/aromatic N) is 1. The van der Waals surface area contributed by atoms with Crippen molar-refractivity contribution in [2.45, 2.75) is 82.6 Å². The van der Waals surface area contributed by atoms with Crippen LogP contribution in [0.2, 0.25) is 18.1 Å². The van der Waals surface area contributed by atoms with Gasteiger partial charge in [-0.3, -0.25) is 14.4 Å². The van der Waals surface area contributed by atoms with Crippen molar-refractivity contribution >= 4 is 37.0 Å². The highest BCUT2D eigenvalue weighted by Crippen LogP contribution is 2.40. The molecule has 4 atom stereocenters. The van der Waals surface area contributed by atoms with Gasteiger partial charge in [-0.05, 0) is 50.0 Å². The SMILES string of the molecule is C[C@@H](O[Si](C)(C)C(C)(C)C)[C@H]1C(=O)N[C@@H]1[C@@H](C)C(=O)Sc1ccccc1C(=O)N1CCCC1. The topological polar surface area (TPSA) is 75.7 Å². The number of rotatable bonds is 7. The molecule has 2 saturated heterocycles. The van der Waals surface area contributed by atoms with E-state index in [4.69, 9.17) is 4.43 Å². The summed E-state index contributed by atoms with van der Waals surface area (Å²) < 4.78 is 6.47. The molecule has 2 aliphatic rings. The molecule has 1 N–H and O–H groups in total. The maximum absolute atomic E-state index is 13.2. The van der Waals surface area contributed by atoms with E-state index in [1.54, 1.807) is 6.07 Å². The molecule has 2 fully saturated rings. The second kappa shape index (κ2) is 9.92. The summed E-state index contributed by atoms with van der Waals surface area (Å²) in [5.74, 6) is -0.805. The highest BCUT2D eigenvalue weighted by Gasteiger charge is 2.50. The molecule has 2 amide bonds. The Labute approximate surface area is 203 Å². The van der Waals surface area contributed by atoms with Crippen LogP contribution in [-0.4, -0.2) is 55.4 Å². The molecular weight excluding hydrogens is 452 g/mol. The van der Waals surface area contributed by atoms with E-state index in [-0.39, 0.29) is 40.0 Å².